The zero-order chi connectivity index (χ0) is 24.3. The van der Waals surface area contributed by atoms with Gasteiger partial charge < -0.3 is 19.3 Å². The Bertz CT molecular complexity index is 1120. The Hall–Kier alpha value is -3.60. The van der Waals surface area contributed by atoms with Gasteiger partial charge in [-0.05, 0) is 55.4 Å². The van der Waals surface area contributed by atoms with Crippen molar-refractivity contribution in [1.29, 1.82) is 0 Å². The number of likely N-dealkylation sites (N-methyl/N-ethyl adjacent to an activating group) is 1. The number of hydrogen-bond acceptors (Lipinski definition) is 7. The van der Waals surface area contributed by atoms with Crippen LogP contribution >= 0.6 is 0 Å². The van der Waals surface area contributed by atoms with Gasteiger partial charge in [-0.25, -0.2) is 0 Å². The summed E-state index contributed by atoms with van der Waals surface area (Å²) in [4.78, 5) is 18.9. The molecule has 0 bridgehead atoms. The molecule has 4 rings (SSSR count). The highest BCUT2D eigenvalue weighted by molar-refractivity contribution is 5.79. The molecule has 2 aromatic carbocycles. The highest BCUT2D eigenvalue weighted by atomic mass is 19.4. The summed E-state index contributed by atoms with van der Waals surface area (Å²) in [5.41, 5.74) is 1.38. The third-order valence-electron chi connectivity index (χ3n) is 5.51. The monoisotopic (exact) mass is 476 g/mol. The molecule has 1 aromatic heterocycles. The van der Waals surface area contributed by atoms with Crippen molar-refractivity contribution in [3.63, 3.8) is 0 Å². The topological polar surface area (TPSA) is 89.7 Å². The second-order valence-electron chi connectivity index (χ2n) is 8.01. The molecule has 180 valence electrons. The summed E-state index contributed by atoms with van der Waals surface area (Å²) in [7, 11) is 3.48. The zero-order valence-corrected chi connectivity index (χ0v) is 18.5. The SMILES string of the molecule is COc1ccc(CC(=O)N[C@H]2C[C@@H](c3nc(-c4ccc(OC(F)(F)F)cc4)no3)N(C)C2)cc1. The number of carbonyl (C=O) groups is 1. The van der Waals surface area contributed by atoms with Crippen LogP contribution in [0.25, 0.3) is 11.4 Å². The van der Waals surface area contributed by atoms with Crippen molar-refractivity contribution in [1.82, 2.24) is 20.4 Å². The van der Waals surface area contributed by atoms with Crippen molar-refractivity contribution in [2.45, 2.75) is 31.3 Å². The Kier molecular flexibility index (Phi) is 6.73. The molecule has 2 atom stereocenters. The fourth-order valence-corrected chi connectivity index (χ4v) is 3.89. The van der Waals surface area contributed by atoms with Crippen molar-refractivity contribution in [3.05, 3.63) is 60.0 Å². The molecule has 1 amide bonds. The van der Waals surface area contributed by atoms with Crippen LogP contribution in [0.4, 0.5) is 13.2 Å². The summed E-state index contributed by atoms with van der Waals surface area (Å²) in [5.74, 6) is 0.947. The van der Waals surface area contributed by atoms with E-state index in [0.29, 0.717) is 24.4 Å². The number of nitrogens with zero attached hydrogens (tertiary/aromatic N) is 3. The summed E-state index contributed by atoms with van der Waals surface area (Å²) >= 11 is 0. The number of benzene rings is 2. The van der Waals surface area contributed by atoms with Gasteiger partial charge in [-0.2, -0.15) is 4.98 Å². The number of alkyl halides is 3. The number of aromatic nitrogens is 2. The molecule has 0 unspecified atom stereocenters. The quantitative estimate of drug-likeness (QED) is 0.556. The van der Waals surface area contributed by atoms with Crippen LogP contribution < -0.4 is 14.8 Å². The molecular weight excluding hydrogens is 453 g/mol. The molecule has 2 heterocycles. The number of rotatable bonds is 7. The normalized spacial score (nSPS) is 18.6. The Morgan fingerprint density at radius 2 is 1.82 bits per heavy atom. The Balaban J connectivity index is 1.35. The van der Waals surface area contributed by atoms with Crippen molar-refractivity contribution in [2.75, 3.05) is 20.7 Å². The Morgan fingerprint density at radius 3 is 2.47 bits per heavy atom. The molecular formula is C23H23F3N4O4. The summed E-state index contributed by atoms with van der Waals surface area (Å²) in [5, 5.41) is 6.99. The average Bonchev–Trinajstić information content (AvgIpc) is 3.40. The van der Waals surface area contributed by atoms with E-state index in [-0.39, 0.29) is 36.0 Å². The van der Waals surface area contributed by atoms with Gasteiger partial charge in [0.05, 0.1) is 19.6 Å². The van der Waals surface area contributed by atoms with Gasteiger partial charge >= 0.3 is 6.36 Å². The summed E-state index contributed by atoms with van der Waals surface area (Å²) in [6.45, 7) is 0.611. The first-order chi connectivity index (χ1) is 16.2. The first-order valence-corrected chi connectivity index (χ1v) is 10.5. The number of halogens is 3. The van der Waals surface area contributed by atoms with Gasteiger partial charge in [0.15, 0.2) is 0 Å². The standard InChI is InChI=1S/C23H23F3N4O4/c1-30-13-16(27-20(31)11-14-3-7-17(32-2)8-4-14)12-19(30)22-28-21(29-34-22)15-5-9-18(10-6-15)33-23(24,25)26/h3-10,16,19H,11-13H2,1-2H3,(H,27,31)/t16-,19-/m0/s1. The van der Waals surface area contributed by atoms with Gasteiger partial charge in [0, 0.05) is 18.2 Å². The fourth-order valence-electron chi connectivity index (χ4n) is 3.89. The maximum Gasteiger partial charge on any atom is 0.573 e. The van der Waals surface area contributed by atoms with Gasteiger partial charge in [-0.1, -0.05) is 17.3 Å². The largest absolute Gasteiger partial charge is 0.573 e. The van der Waals surface area contributed by atoms with Gasteiger partial charge in [0.2, 0.25) is 17.6 Å². The number of amides is 1. The molecule has 0 aliphatic carbocycles. The van der Waals surface area contributed by atoms with Gasteiger partial charge in [0.1, 0.15) is 11.5 Å². The van der Waals surface area contributed by atoms with E-state index < -0.39 is 6.36 Å². The number of likely N-dealkylation sites (tertiary alicyclic amines) is 1. The van der Waals surface area contributed by atoms with E-state index in [1.807, 2.05) is 36.2 Å². The summed E-state index contributed by atoms with van der Waals surface area (Å²) in [6, 6.07) is 12.3. The number of hydrogen-bond donors (Lipinski definition) is 1. The molecule has 0 saturated carbocycles. The Labute approximate surface area is 193 Å². The fraction of sp³-hybridized carbons (Fsp3) is 0.348. The first kappa shape index (κ1) is 23.6. The molecule has 8 nitrogen and oxygen atoms in total. The lowest BCUT2D eigenvalue weighted by molar-refractivity contribution is -0.274. The lowest BCUT2D eigenvalue weighted by Gasteiger charge is -2.14. The van der Waals surface area contributed by atoms with Crippen LogP contribution in [0.1, 0.15) is 23.9 Å². The van der Waals surface area contributed by atoms with Crippen molar-refractivity contribution >= 4 is 5.91 Å². The van der Waals surface area contributed by atoms with Gasteiger partial charge in [-0.15, -0.1) is 13.2 Å². The Morgan fingerprint density at radius 1 is 1.15 bits per heavy atom. The highest BCUT2D eigenvalue weighted by Crippen LogP contribution is 2.31. The molecule has 1 saturated heterocycles. The number of carbonyl (C=O) groups excluding carboxylic acids is 1. The van der Waals surface area contributed by atoms with Crippen LogP contribution in [0.3, 0.4) is 0 Å². The van der Waals surface area contributed by atoms with Crippen LogP contribution in [0.15, 0.2) is 53.1 Å². The molecule has 1 N–H and O–H groups in total. The maximum atomic E-state index is 12.5. The second-order valence-corrected chi connectivity index (χ2v) is 8.01. The van der Waals surface area contributed by atoms with Gasteiger partial charge in [0.25, 0.3) is 0 Å². The van der Waals surface area contributed by atoms with E-state index in [1.54, 1.807) is 7.11 Å². The van der Waals surface area contributed by atoms with E-state index in [4.69, 9.17) is 9.26 Å². The minimum Gasteiger partial charge on any atom is -0.497 e. The number of ether oxygens (including phenoxy) is 2. The van der Waals surface area contributed by atoms with Crippen molar-refractivity contribution in [3.8, 4) is 22.9 Å². The van der Waals surface area contributed by atoms with Crippen molar-refractivity contribution in [2.24, 2.45) is 0 Å². The minimum atomic E-state index is -4.76. The number of methoxy groups -OCH3 is 1. The predicted octanol–water partition coefficient (Wildman–Crippen LogP) is 3.75. The molecule has 1 fully saturated rings. The summed E-state index contributed by atoms with van der Waals surface area (Å²) < 4.78 is 51.4. The van der Waals surface area contributed by atoms with E-state index in [9.17, 15) is 18.0 Å². The van der Waals surface area contributed by atoms with Crippen LogP contribution in [-0.2, 0) is 11.2 Å². The third-order valence-corrected chi connectivity index (χ3v) is 5.51. The van der Waals surface area contributed by atoms with Crippen molar-refractivity contribution < 1.29 is 32.0 Å². The molecule has 3 aromatic rings. The average molecular weight is 476 g/mol. The molecule has 34 heavy (non-hydrogen) atoms. The highest BCUT2D eigenvalue weighted by Gasteiger charge is 2.35. The lowest BCUT2D eigenvalue weighted by Crippen LogP contribution is -2.37. The first-order valence-electron chi connectivity index (χ1n) is 10.5. The van der Waals surface area contributed by atoms with Crippen LogP contribution in [0.2, 0.25) is 0 Å². The number of nitrogens with one attached hydrogen (secondary N) is 1. The molecule has 1 aliphatic heterocycles. The van der Waals surface area contributed by atoms with Crippen LogP contribution in [0, 0.1) is 0 Å². The van der Waals surface area contributed by atoms with E-state index in [2.05, 4.69) is 20.2 Å². The predicted molar refractivity (Wildman–Crippen MR) is 115 cm³/mol. The van der Waals surface area contributed by atoms with Crippen LogP contribution in [-0.4, -0.2) is 54.1 Å². The van der Waals surface area contributed by atoms with E-state index in [1.165, 1.54) is 24.3 Å². The molecule has 1 aliphatic rings. The van der Waals surface area contributed by atoms with Gasteiger partial charge in [-0.3, -0.25) is 9.69 Å². The summed E-state index contributed by atoms with van der Waals surface area (Å²) in [6.07, 6.45) is -3.91. The second kappa shape index (κ2) is 9.72. The third kappa shape index (κ3) is 5.84. The van der Waals surface area contributed by atoms with E-state index >= 15 is 0 Å². The lowest BCUT2D eigenvalue weighted by atomic mass is 10.1. The molecule has 0 radical (unpaired) electrons. The van der Waals surface area contributed by atoms with Crippen LogP contribution in [0.5, 0.6) is 11.5 Å². The zero-order valence-electron chi connectivity index (χ0n) is 18.5. The maximum absolute atomic E-state index is 12.5. The van der Waals surface area contributed by atoms with E-state index in [0.717, 1.165) is 11.3 Å². The molecule has 0 spiro atoms. The minimum absolute atomic E-state index is 0.0865. The molecule has 11 heteroatoms. The smallest absolute Gasteiger partial charge is 0.497 e.